The molecule has 0 spiro atoms. The number of carbonyl (C=O) groups excluding carboxylic acids is 1. The van der Waals surface area contributed by atoms with E-state index >= 15 is 0 Å². The predicted octanol–water partition coefficient (Wildman–Crippen LogP) is 4.76. The predicted molar refractivity (Wildman–Crippen MR) is 120 cm³/mol. The average Bonchev–Trinajstić information content (AvgIpc) is 2.72. The number of amides is 1. The zero-order chi connectivity index (χ0) is 21.6. The molecule has 30 heavy (non-hydrogen) atoms. The highest BCUT2D eigenvalue weighted by atomic mass is 32.1. The third kappa shape index (κ3) is 6.05. The minimum atomic E-state index is -0.620. The first-order valence-electron chi connectivity index (χ1n) is 10.6. The fourth-order valence-corrected chi connectivity index (χ4v) is 4.72. The van der Waals surface area contributed by atoms with Crippen LogP contribution in [0.15, 0.2) is 48.5 Å². The van der Waals surface area contributed by atoms with Crippen molar-refractivity contribution in [3.8, 4) is 0 Å². The smallest absolute Gasteiger partial charge is 0.217 e. The van der Waals surface area contributed by atoms with Gasteiger partial charge in [-0.3, -0.25) is 4.79 Å². The second kappa shape index (κ2) is 10.4. The molecule has 2 N–H and O–H groups in total. The summed E-state index contributed by atoms with van der Waals surface area (Å²) in [4.78, 5) is 11.8. The van der Waals surface area contributed by atoms with Gasteiger partial charge in [-0.1, -0.05) is 49.6 Å². The van der Waals surface area contributed by atoms with E-state index in [4.69, 9.17) is 12.6 Å². The first-order chi connectivity index (χ1) is 14.4. The third-order valence-electron chi connectivity index (χ3n) is 5.91. The van der Waals surface area contributed by atoms with Crippen LogP contribution in [0.25, 0.3) is 0 Å². The van der Waals surface area contributed by atoms with Crippen LogP contribution in [-0.4, -0.2) is 23.7 Å². The second-order valence-electron chi connectivity index (χ2n) is 8.25. The molecule has 6 heteroatoms. The average molecular weight is 433 g/mol. The van der Waals surface area contributed by atoms with Crippen molar-refractivity contribution in [3.63, 3.8) is 0 Å². The van der Waals surface area contributed by atoms with Crippen molar-refractivity contribution in [2.75, 3.05) is 6.54 Å². The lowest BCUT2D eigenvalue weighted by Crippen LogP contribution is -2.51. The fourth-order valence-electron chi connectivity index (χ4n) is 4.45. The van der Waals surface area contributed by atoms with Crippen molar-refractivity contribution in [2.45, 2.75) is 62.3 Å². The van der Waals surface area contributed by atoms with Crippen LogP contribution in [0.4, 0.5) is 8.78 Å². The van der Waals surface area contributed by atoms with Crippen LogP contribution >= 0.6 is 12.6 Å². The van der Waals surface area contributed by atoms with Crippen molar-refractivity contribution >= 4 is 18.5 Å². The van der Waals surface area contributed by atoms with E-state index in [1.165, 1.54) is 31.0 Å². The number of rotatable bonds is 8. The van der Waals surface area contributed by atoms with Gasteiger partial charge in [-0.15, -0.1) is 0 Å². The lowest BCUT2D eigenvalue weighted by atomic mass is 9.76. The maximum Gasteiger partial charge on any atom is 0.217 e. The topological polar surface area (TPSA) is 41.1 Å². The van der Waals surface area contributed by atoms with Crippen molar-refractivity contribution in [3.05, 3.63) is 71.3 Å². The van der Waals surface area contributed by atoms with Crippen LogP contribution in [0.5, 0.6) is 0 Å². The van der Waals surface area contributed by atoms with Gasteiger partial charge in [-0.05, 0) is 42.5 Å². The van der Waals surface area contributed by atoms with E-state index in [2.05, 4.69) is 34.9 Å². The summed E-state index contributed by atoms with van der Waals surface area (Å²) in [5.41, 5.74) is 1.67. The van der Waals surface area contributed by atoms with Crippen molar-refractivity contribution in [2.24, 2.45) is 0 Å². The van der Waals surface area contributed by atoms with Crippen LogP contribution in [0.1, 0.15) is 50.2 Å². The Morgan fingerprint density at radius 2 is 1.70 bits per heavy atom. The molecule has 0 radical (unpaired) electrons. The molecule has 0 aliphatic heterocycles. The number of hydrogen-bond acceptors (Lipinski definition) is 3. The Labute approximate surface area is 183 Å². The molecule has 0 bridgehead atoms. The summed E-state index contributed by atoms with van der Waals surface area (Å²) in [7, 11) is 0. The Hall–Kier alpha value is -1.92. The number of carbonyl (C=O) groups is 1. The molecule has 0 saturated heterocycles. The number of nitrogens with one attached hydrogen (secondary N) is 2. The maximum atomic E-state index is 13.6. The number of benzene rings is 2. The molecule has 0 aromatic heterocycles. The SMILES string of the molecule is CC(=O)N[C@@H](Cc1cc(F)cc(F)c1)[C@@H](S)CNC1(c2ccccc2)CCCCC1. The van der Waals surface area contributed by atoms with E-state index in [1.54, 1.807) is 0 Å². The molecule has 1 amide bonds. The maximum absolute atomic E-state index is 13.6. The van der Waals surface area contributed by atoms with Gasteiger partial charge in [0.05, 0.1) is 0 Å². The van der Waals surface area contributed by atoms with E-state index in [9.17, 15) is 13.6 Å². The lowest BCUT2D eigenvalue weighted by molar-refractivity contribution is -0.119. The van der Waals surface area contributed by atoms with Gasteiger partial charge in [0, 0.05) is 36.4 Å². The molecule has 2 atom stereocenters. The Bertz CT molecular complexity index is 820. The lowest BCUT2D eigenvalue weighted by Gasteiger charge is -2.40. The number of hydrogen-bond donors (Lipinski definition) is 3. The molecule has 1 aliphatic rings. The van der Waals surface area contributed by atoms with Crippen molar-refractivity contribution in [1.29, 1.82) is 0 Å². The minimum absolute atomic E-state index is 0.105. The normalized spacial score (nSPS) is 17.9. The van der Waals surface area contributed by atoms with Gasteiger partial charge in [0.2, 0.25) is 5.91 Å². The highest BCUT2D eigenvalue weighted by Gasteiger charge is 2.34. The van der Waals surface area contributed by atoms with Crippen molar-refractivity contribution in [1.82, 2.24) is 10.6 Å². The van der Waals surface area contributed by atoms with E-state index in [1.807, 2.05) is 6.07 Å². The first-order valence-corrected chi connectivity index (χ1v) is 11.1. The van der Waals surface area contributed by atoms with Gasteiger partial charge < -0.3 is 10.6 Å². The fraction of sp³-hybridized carbons (Fsp3) is 0.458. The number of thiol groups is 1. The van der Waals surface area contributed by atoms with Crippen molar-refractivity contribution < 1.29 is 13.6 Å². The Kier molecular flexibility index (Phi) is 7.89. The van der Waals surface area contributed by atoms with Crippen LogP contribution in [-0.2, 0) is 16.8 Å². The number of halogens is 2. The molecule has 0 unspecified atom stereocenters. The molecule has 2 aromatic carbocycles. The zero-order valence-electron chi connectivity index (χ0n) is 17.3. The Morgan fingerprint density at radius 3 is 2.30 bits per heavy atom. The molecule has 3 nitrogen and oxygen atoms in total. The summed E-state index contributed by atoms with van der Waals surface area (Å²) in [6.45, 7) is 2.01. The van der Waals surface area contributed by atoms with Gasteiger partial charge in [0.15, 0.2) is 0 Å². The van der Waals surface area contributed by atoms with E-state index in [0.717, 1.165) is 31.7 Å². The van der Waals surface area contributed by atoms with Gasteiger partial charge in [0.25, 0.3) is 0 Å². The third-order valence-corrected chi connectivity index (χ3v) is 6.46. The molecule has 1 fully saturated rings. The molecule has 162 valence electrons. The largest absolute Gasteiger partial charge is 0.352 e. The summed E-state index contributed by atoms with van der Waals surface area (Å²) in [5.74, 6) is -1.43. The second-order valence-corrected chi connectivity index (χ2v) is 8.91. The van der Waals surface area contributed by atoms with E-state index < -0.39 is 11.6 Å². The highest BCUT2D eigenvalue weighted by molar-refractivity contribution is 7.81. The van der Waals surface area contributed by atoms with Gasteiger partial charge in [0.1, 0.15) is 11.6 Å². The Morgan fingerprint density at radius 1 is 1.07 bits per heavy atom. The summed E-state index contributed by atoms with van der Waals surface area (Å²) in [5, 5.41) is 6.42. The highest BCUT2D eigenvalue weighted by Crippen LogP contribution is 2.37. The summed E-state index contributed by atoms with van der Waals surface area (Å²) >= 11 is 4.77. The quantitative estimate of drug-likeness (QED) is 0.527. The van der Waals surface area contributed by atoms with E-state index in [-0.39, 0.29) is 22.7 Å². The minimum Gasteiger partial charge on any atom is -0.352 e. The van der Waals surface area contributed by atoms with Gasteiger partial charge in [-0.2, -0.15) is 12.6 Å². The molecular formula is C24H30F2N2OS. The Balaban J connectivity index is 1.73. The monoisotopic (exact) mass is 432 g/mol. The molecule has 2 aromatic rings. The molecule has 1 aliphatic carbocycles. The van der Waals surface area contributed by atoms with Crippen LogP contribution < -0.4 is 10.6 Å². The van der Waals surface area contributed by atoms with Crippen LogP contribution in [0, 0.1) is 11.6 Å². The van der Waals surface area contributed by atoms with Gasteiger partial charge in [-0.25, -0.2) is 8.78 Å². The van der Waals surface area contributed by atoms with Crippen LogP contribution in [0.3, 0.4) is 0 Å². The molecule has 1 saturated carbocycles. The summed E-state index contributed by atoms with van der Waals surface area (Å²) in [6, 6.07) is 13.6. The molecular weight excluding hydrogens is 402 g/mol. The summed E-state index contributed by atoms with van der Waals surface area (Å²) < 4.78 is 27.2. The van der Waals surface area contributed by atoms with Crippen LogP contribution in [0.2, 0.25) is 0 Å². The molecule has 3 rings (SSSR count). The zero-order valence-corrected chi connectivity index (χ0v) is 18.2. The first kappa shape index (κ1) is 22.8. The summed E-state index contributed by atoms with van der Waals surface area (Å²) in [6.07, 6.45) is 5.98. The molecule has 0 heterocycles. The van der Waals surface area contributed by atoms with E-state index in [0.29, 0.717) is 18.5 Å². The van der Waals surface area contributed by atoms with Gasteiger partial charge >= 0.3 is 0 Å². The standard InChI is InChI=1S/C24H30F2N2OS/c1-17(29)28-22(14-18-12-20(25)15-21(26)13-18)23(30)16-27-24(10-6-3-7-11-24)19-8-4-2-5-9-19/h2,4-5,8-9,12-13,15,22-23,27,30H,3,6-7,10-11,14,16H2,1H3,(H,28,29)/t22-,23-/m0/s1.